The van der Waals surface area contributed by atoms with E-state index < -0.39 is 11.6 Å². The molecule has 1 atom stereocenters. The molecule has 3 rings (SSSR count). The minimum atomic E-state index is -0.920. The minimum Gasteiger partial charge on any atom is -0.480 e. The van der Waals surface area contributed by atoms with Crippen LogP contribution in [-0.4, -0.2) is 35.8 Å². The van der Waals surface area contributed by atoms with Gasteiger partial charge in [0.05, 0.1) is 0 Å². The van der Waals surface area contributed by atoms with Crippen molar-refractivity contribution in [1.82, 2.24) is 10.3 Å². The third-order valence-corrected chi connectivity index (χ3v) is 6.46. The molecule has 2 fully saturated rings. The van der Waals surface area contributed by atoms with Crippen molar-refractivity contribution in [1.29, 1.82) is 0 Å². The van der Waals surface area contributed by atoms with Gasteiger partial charge in [-0.3, -0.25) is 0 Å². The van der Waals surface area contributed by atoms with E-state index in [1.807, 2.05) is 5.38 Å². The highest BCUT2D eigenvalue weighted by Gasteiger charge is 2.51. The van der Waals surface area contributed by atoms with Gasteiger partial charge in [-0.15, -0.1) is 11.3 Å². The van der Waals surface area contributed by atoms with Gasteiger partial charge >= 0.3 is 5.97 Å². The molecule has 2 N–H and O–H groups in total. The van der Waals surface area contributed by atoms with Gasteiger partial charge < -0.3 is 15.2 Å². The number of nitrogens with zero attached hydrogens (tertiary/aromatic N) is 1. The smallest absolute Gasteiger partial charge is 0.329 e. The molecule has 0 aromatic carbocycles. The maximum Gasteiger partial charge on any atom is 0.329 e. The summed E-state index contributed by atoms with van der Waals surface area (Å²) >= 11 is 4.94. The zero-order valence-electron chi connectivity index (χ0n) is 11.7. The molecule has 116 valence electrons. The first kappa shape index (κ1) is 15.4. The Morgan fingerprint density at radius 3 is 2.81 bits per heavy atom. The number of aromatic nitrogens is 1. The molecule has 1 saturated carbocycles. The number of rotatable bonds is 4. The number of carbonyl (C=O) groups is 1. The highest BCUT2D eigenvalue weighted by molar-refractivity contribution is 9.10. The number of piperidine rings is 1. The number of aliphatic carboxylic acids is 1. The summed E-state index contributed by atoms with van der Waals surface area (Å²) in [7, 11) is 0. The summed E-state index contributed by atoms with van der Waals surface area (Å²) in [5.41, 5.74) is -0.242. The maximum atomic E-state index is 10.9. The molecule has 2 aliphatic rings. The van der Waals surface area contributed by atoms with Gasteiger partial charge in [-0.2, -0.15) is 0 Å². The summed E-state index contributed by atoms with van der Waals surface area (Å²) < 4.78 is 6.68. The predicted octanol–water partition coefficient (Wildman–Crippen LogP) is 2.76. The molecule has 21 heavy (non-hydrogen) atoms. The van der Waals surface area contributed by atoms with E-state index in [-0.39, 0.29) is 12.0 Å². The van der Waals surface area contributed by atoms with Crippen LogP contribution in [0.5, 0.6) is 0 Å². The highest BCUT2D eigenvalue weighted by Crippen LogP contribution is 2.56. The zero-order valence-corrected chi connectivity index (χ0v) is 14.1. The summed E-state index contributed by atoms with van der Waals surface area (Å²) in [6, 6.07) is 0. The normalized spacial score (nSPS) is 28.0. The van der Waals surface area contributed by atoms with Gasteiger partial charge in [0.25, 0.3) is 0 Å². The van der Waals surface area contributed by atoms with E-state index in [9.17, 15) is 4.79 Å². The van der Waals surface area contributed by atoms with E-state index >= 15 is 0 Å². The Hall–Kier alpha value is -0.500. The van der Waals surface area contributed by atoms with Gasteiger partial charge in [-0.05, 0) is 66.5 Å². The molecular weight excluding hydrogens is 356 g/mol. The molecule has 1 aliphatic heterocycles. The van der Waals surface area contributed by atoms with Crippen molar-refractivity contribution in [2.75, 3.05) is 19.7 Å². The van der Waals surface area contributed by atoms with Crippen molar-refractivity contribution in [2.24, 2.45) is 5.41 Å². The van der Waals surface area contributed by atoms with Crippen LogP contribution in [0.2, 0.25) is 0 Å². The Morgan fingerprint density at radius 1 is 1.43 bits per heavy atom. The van der Waals surface area contributed by atoms with E-state index in [2.05, 4.69) is 26.2 Å². The Bertz CT molecular complexity index is 530. The standard InChI is InChI=1S/C14H19BrN2O3S/c15-10-8-21-12(17-10)14(20-7-11(18)19)2-1-13(9-14)3-5-16-6-4-13/h8,16H,1-7,9H2,(H,18,19). The average Bonchev–Trinajstić information content (AvgIpc) is 3.04. The van der Waals surface area contributed by atoms with Crippen LogP contribution in [0.3, 0.4) is 0 Å². The lowest BCUT2D eigenvalue weighted by molar-refractivity contribution is -0.151. The first-order chi connectivity index (χ1) is 10.0. The highest BCUT2D eigenvalue weighted by atomic mass is 79.9. The average molecular weight is 375 g/mol. The minimum absolute atomic E-state index is 0.258. The lowest BCUT2D eigenvalue weighted by atomic mass is 9.76. The van der Waals surface area contributed by atoms with Crippen molar-refractivity contribution in [3.05, 3.63) is 15.0 Å². The Morgan fingerprint density at radius 2 is 2.19 bits per heavy atom. The molecular formula is C14H19BrN2O3S. The van der Waals surface area contributed by atoms with Gasteiger partial charge in [0.1, 0.15) is 21.8 Å². The molecule has 7 heteroatoms. The third-order valence-electron chi connectivity index (χ3n) is 4.72. The fourth-order valence-corrected chi connectivity index (χ4v) is 5.10. The van der Waals surface area contributed by atoms with E-state index in [1.54, 1.807) is 11.3 Å². The monoisotopic (exact) mass is 374 g/mol. The first-order valence-electron chi connectivity index (χ1n) is 7.22. The fourth-order valence-electron chi connectivity index (χ4n) is 3.66. The van der Waals surface area contributed by atoms with Crippen molar-refractivity contribution in [3.63, 3.8) is 0 Å². The van der Waals surface area contributed by atoms with E-state index in [1.165, 1.54) is 0 Å². The fraction of sp³-hybridized carbons (Fsp3) is 0.714. The molecule has 1 unspecified atom stereocenters. The van der Waals surface area contributed by atoms with Crippen LogP contribution in [-0.2, 0) is 15.1 Å². The van der Waals surface area contributed by atoms with Crippen LogP contribution in [0.4, 0.5) is 0 Å². The van der Waals surface area contributed by atoms with E-state index in [0.717, 1.165) is 54.8 Å². The number of hydrogen-bond acceptors (Lipinski definition) is 5. The van der Waals surface area contributed by atoms with Crippen LogP contribution < -0.4 is 5.32 Å². The first-order valence-corrected chi connectivity index (χ1v) is 8.89. The topological polar surface area (TPSA) is 71.5 Å². The number of carboxylic acid groups (broad SMARTS) is 1. The van der Waals surface area contributed by atoms with Crippen molar-refractivity contribution >= 4 is 33.2 Å². The number of hydrogen-bond donors (Lipinski definition) is 2. The van der Waals surface area contributed by atoms with E-state index in [4.69, 9.17) is 9.84 Å². The number of carboxylic acids is 1. The maximum absolute atomic E-state index is 10.9. The quantitative estimate of drug-likeness (QED) is 0.847. The Labute approximate surface area is 136 Å². The van der Waals surface area contributed by atoms with Crippen molar-refractivity contribution in [3.8, 4) is 0 Å². The van der Waals surface area contributed by atoms with Crippen molar-refractivity contribution in [2.45, 2.75) is 37.7 Å². The molecule has 0 radical (unpaired) electrons. The predicted molar refractivity (Wildman–Crippen MR) is 83.5 cm³/mol. The SMILES string of the molecule is O=C(O)COC1(c2nc(Br)cs2)CCC2(CCNCC2)C1. The van der Waals surface area contributed by atoms with Gasteiger partial charge in [0.15, 0.2) is 0 Å². The molecule has 1 aromatic rings. The van der Waals surface area contributed by atoms with Crippen LogP contribution in [0.25, 0.3) is 0 Å². The van der Waals surface area contributed by atoms with Gasteiger partial charge in [0, 0.05) is 5.38 Å². The van der Waals surface area contributed by atoms with Crippen LogP contribution in [0, 0.1) is 5.41 Å². The van der Waals surface area contributed by atoms with Crippen LogP contribution in [0.15, 0.2) is 9.98 Å². The molecule has 1 aromatic heterocycles. The second kappa shape index (κ2) is 5.95. The van der Waals surface area contributed by atoms with Crippen molar-refractivity contribution < 1.29 is 14.6 Å². The summed E-state index contributed by atoms with van der Waals surface area (Å²) in [5, 5.41) is 15.2. The zero-order chi connectivity index (χ0) is 14.9. The van der Waals surface area contributed by atoms with E-state index in [0.29, 0.717) is 0 Å². The summed E-state index contributed by atoms with van der Waals surface area (Å²) in [5.74, 6) is -0.920. The van der Waals surface area contributed by atoms with Gasteiger partial charge in [-0.25, -0.2) is 9.78 Å². The Balaban J connectivity index is 1.85. The lowest BCUT2D eigenvalue weighted by Crippen LogP contribution is -2.37. The number of nitrogens with one attached hydrogen (secondary N) is 1. The van der Waals surface area contributed by atoms with Gasteiger partial charge in [0.2, 0.25) is 0 Å². The molecule has 1 aliphatic carbocycles. The molecule has 1 spiro atoms. The molecule has 1 saturated heterocycles. The molecule has 0 bridgehead atoms. The number of thiazole rings is 1. The summed E-state index contributed by atoms with van der Waals surface area (Å²) in [6.45, 7) is 1.82. The third kappa shape index (κ3) is 3.16. The molecule has 5 nitrogen and oxygen atoms in total. The van der Waals surface area contributed by atoms with Crippen LogP contribution in [0.1, 0.15) is 37.1 Å². The second-order valence-electron chi connectivity index (χ2n) is 6.08. The second-order valence-corrected chi connectivity index (χ2v) is 7.75. The lowest BCUT2D eigenvalue weighted by Gasteiger charge is -2.36. The summed E-state index contributed by atoms with van der Waals surface area (Å²) in [4.78, 5) is 15.5. The number of ether oxygens (including phenoxy) is 1. The molecule has 2 heterocycles. The Kier molecular flexibility index (Phi) is 4.36. The summed E-state index contributed by atoms with van der Waals surface area (Å²) in [6.07, 6.45) is 5.11. The molecule has 0 amide bonds. The number of halogens is 1. The largest absolute Gasteiger partial charge is 0.480 e. The van der Waals surface area contributed by atoms with Crippen LogP contribution >= 0.6 is 27.3 Å². The van der Waals surface area contributed by atoms with Gasteiger partial charge in [-0.1, -0.05) is 0 Å².